The Labute approximate surface area is 179 Å². The normalized spacial score (nSPS) is 16.4. The van der Waals surface area contributed by atoms with Gasteiger partial charge in [0, 0.05) is 37.4 Å². The first-order valence-corrected chi connectivity index (χ1v) is 10.7. The number of ether oxygens (including phenoxy) is 2. The number of para-hydroxylation sites is 2. The first kappa shape index (κ1) is 21.7. The van der Waals surface area contributed by atoms with Crippen LogP contribution in [0.3, 0.4) is 0 Å². The molecular weight excluding hydrogens is 378 g/mol. The number of benzene rings is 1. The van der Waals surface area contributed by atoms with Crippen LogP contribution in [0.15, 0.2) is 47.6 Å². The largest absolute Gasteiger partial charge is 0.495 e. The van der Waals surface area contributed by atoms with Gasteiger partial charge in [0.25, 0.3) is 0 Å². The molecule has 1 aliphatic heterocycles. The highest BCUT2D eigenvalue weighted by atomic mass is 16.5. The van der Waals surface area contributed by atoms with Gasteiger partial charge in [-0.15, -0.1) is 0 Å². The summed E-state index contributed by atoms with van der Waals surface area (Å²) in [6.07, 6.45) is 3.75. The molecule has 1 atom stereocenters. The van der Waals surface area contributed by atoms with E-state index in [1.807, 2.05) is 24.3 Å². The molecule has 0 saturated carbocycles. The second-order valence-electron chi connectivity index (χ2n) is 7.26. The number of anilines is 1. The summed E-state index contributed by atoms with van der Waals surface area (Å²) in [6, 6.07) is 12.4. The highest BCUT2D eigenvalue weighted by Crippen LogP contribution is 2.30. The highest BCUT2D eigenvalue weighted by molar-refractivity contribution is 5.80. The van der Waals surface area contributed by atoms with Crippen LogP contribution in [-0.4, -0.2) is 50.3 Å². The smallest absolute Gasteiger partial charge is 0.218 e. The fraction of sp³-hybridized carbons (Fsp3) is 0.478. The van der Waals surface area contributed by atoms with Crippen molar-refractivity contribution in [3.05, 3.63) is 48.2 Å². The first-order valence-electron chi connectivity index (χ1n) is 10.7. The van der Waals surface area contributed by atoms with Gasteiger partial charge >= 0.3 is 0 Å². The van der Waals surface area contributed by atoms with E-state index in [-0.39, 0.29) is 0 Å². The predicted octanol–water partition coefficient (Wildman–Crippen LogP) is 3.21. The minimum Gasteiger partial charge on any atom is -0.495 e. The molecule has 7 heteroatoms. The Morgan fingerprint density at radius 1 is 1.23 bits per heavy atom. The summed E-state index contributed by atoms with van der Waals surface area (Å²) in [7, 11) is 1.72. The number of hydrogen-bond donors (Lipinski definition) is 2. The summed E-state index contributed by atoms with van der Waals surface area (Å²) in [5.74, 6) is 2.40. The predicted molar refractivity (Wildman–Crippen MR) is 122 cm³/mol. The molecule has 1 saturated heterocycles. The quantitative estimate of drug-likeness (QED) is 0.488. The number of nitrogens with one attached hydrogen (secondary N) is 2. The topological polar surface area (TPSA) is 71.0 Å². The molecule has 0 aliphatic carbocycles. The lowest BCUT2D eigenvalue weighted by molar-refractivity contribution is 0.302. The van der Waals surface area contributed by atoms with E-state index in [0.29, 0.717) is 25.1 Å². The van der Waals surface area contributed by atoms with E-state index >= 15 is 0 Å². The van der Waals surface area contributed by atoms with Gasteiger partial charge in [0.05, 0.1) is 25.9 Å². The van der Waals surface area contributed by atoms with Crippen LogP contribution in [0.25, 0.3) is 0 Å². The van der Waals surface area contributed by atoms with Crippen molar-refractivity contribution in [2.45, 2.75) is 39.3 Å². The average Bonchev–Trinajstić information content (AvgIpc) is 3.25. The summed E-state index contributed by atoms with van der Waals surface area (Å²) >= 11 is 0. The Morgan fingerprint density at radius 3 is 2.90 bits per heavy atom. The van der Waals surface area contributed by atoms with Crippen LogP contribution in [0.4, 0.5) is 5.69 Å². The zero-order valence-electron chi connectivity index (χ0n) is 18.2. The van der Waals surface area contributed by atoms with Gasteiger partial charge in [-0.3, -0.25) is 0 Å². The zero-order valence-corrected chi connectivity index (χ0v) is 18.2. The molecule has 2 N–H and O–H groups in total. The van der Waals surface area contributed by atoms with Crippen LogP contribution in [-0.2, 0) is 6.54 Å². The lowest BCUT2D eigenvalue weighted by Gasteiger charge is -2.22. The number of nitrogens with zero attached hydrogens (tertiary/aromatic N) is 3. The van der Waals surface area contributed by atoms with Crippen molar-refractivity contribution in [1.29, 1.82) is 0 Å². The second-order valence-corrected chi connectivity index (χ2v) is 7.26. The summed E-state index contributed by atoms with van der Waals surface area (Å²) in [5, 5.41) is 6.94. The van der Waals surface area contributed by atoms with Gasteiger partial charge in [-0.05, 0) is 38.0 Å². The van der Waals surface area contributed by atoms with Crippen molar-refractivity contribution < 1.29 is 9.47 Å². The Balaban J connectivity index is 1.63. The van der Waals surface area contributed by atoms with Gasteiger partial charge in [0.15, 0.2) is 5.96 Å². The Kier molecular flexibility index (Phi) is 8.18. The van der Waals surface area contributed by atoms with E-state index in [1.54, 1.807) is 13.3 Å². The van der Waals surface area contributed by atoms with E-state index in [4.69, 9.17) is 14.5 Å². The number of guanidine groups is 1. The average molecular weight is 412 g/mol. The van der Waals surface area contributed by atoms with Gasteiger partial charge < -0.3 is 25.0 Å². The van der Waals surface area contributed by atoms with Gasteiger partial charge in [-0.1, -0.05) is 25.1 Å². The van der Waals surface area contributed by atoms with Crippen molar-refractivity contribution in [1.82, 2.24) is 15.6 Å². The molecule has 0 bridgehead atoms. The van der Waals surface area contributed by atoms with Crippen LogP contribution in [0, 0.1) is 0 Å². The standard InChI is InChI=1S/C23H33N5O2/c1-4-15-30-22-18(9-8-13-25-22)16-26-23(24-5-2)27-19-12-14-28(17-19)20-10-6-7-11-21(20)29-3/h6-11,13,19H,4-5,12,14-17H2,1-3H3,(H2,24,26,27). The maximum Gasteiger partial charge on any atom is 0.218 e. The number of aromatic nitrogens is 1. The molecule has 0 radical (unpaired) electrons. The highest BCUT2D eigenvalue weighted by Gasteiger charge is 2.25. The third-order valence-electron chi connectivity index (χ3n) is 5.00. The fourth-order valence-corrected chi connectivity index (χ4v) is 3.54. The molecule has 0 amide bonds. The molecule has 30 heavy (non-hydrogen) atoms. The van der Waals surface area contributed by atoms with Gasteiger partial charge in [-0.25, -0.2) is 9.98 Å². The van der Waals surface area contributed by atoms with Crippen LogP contribution in [0.1, 0.15) is 32.3 Å². The summed E-state index contributed by atoms with van der Waals surface area (Å²) in [4.78, 5) is 11.5. The molecule has 1 aromatic carbocycles. The van der Waals surface area contributed by atoms with Crippen LogP contribution in [0.2, 0.25) is 0 Å². The van der Waals surface area contributed by atoms with Gasteiger partial charge in [0.1, 0.15) is 5.75 Å². The first-order chi connectivity index (χ1) is 14.7. The zero-order chi connectivity index (χ0) is 21.2. The van der Waals surface area contributed by atoms with E-state index in [1.165, 1.54) is 0 Å². The maximum absolute atomic E-state index is 5.76. The fourth-order valence-electron chi connectivity index (χ4n) is 3.54. The monoisotopic (exact) mass is 411 g/mol. The Bertz CT molecular complexity index is 827. The summed E-state index contributed by atoms with van der Waals surface area (Å²) < 4.78 is 11.3. The minimum atomic E-state index is 0.317. The molecule has 3 rings (SSSR count). The number of aliphatic imine (C=N–C) groups is 1. The van der Waals surface area contributed by atoms with Crippen LogP contribution in [0.5, 0.6) is 11.6 Å². The van der Waals surface area contributed by atoms with Crippen molar-refractivity contribution >= 4 is 11.6 Å². The summed E-state index contributed by atoms with van der Waals surface area (Å²) in [6.45, 7) is 8.04. The molecule has 1 aromatic heterocycles. The van der Waals surface area contributed by atoms with E-state index < -0.39 is 0 Å². The van der Waals surface area contributed by atoms with Crippen LogP contribution < -0.4 is 25.0 Å². The van der Waals surface area contributed by atoms with E-state index in [9.17, 15) is 0 Å². The van der Waals surface area contributed by atoms with Crippen molar-refractivity contribution in [2.75, 3.05) is 38.3 Å². The molecule has 2 aromatic rings. The number of rotatable bonds is 9. The van der Waals surface area contributed by atoms with E-state index in [0.717, 1.165) is 55.4 Å². The molecule has 1 unspecified atom stereocenters. The number of methoxy groups -OCH3 is 1. The van der Waals surface area contributed by atoms with Gasteiger partial charge in [-0.2, -0.15) is 0 Å². The molecule has 7 nitrogen and oxygen atoms in total. The van der Waals surface area contributed by atoms with Gasteiger partial charge in [0.2, 0.25) is 5.88 Å². The SMILES string of the molecule is CCCOc1ncccc1CN=C(NCC)NC1CCN(c2ccccc2OC)C1. The lowest BCUT2D eigenvalue weighted by atomic mass is 10.2. The molecule has 1 aliphatic rings. The van der Waals surface area contributed by atoms with Crippen LogP contribution >= 0.6 is 0 Å². The van der Waals surface area contributed by atoms with Crippen molar-refractivity contribution in [3.8, 4) is 11.6 Å². The Morgan fingerprint density at radius 2 is 2.10 bits per heavy atom. The number of pyridine rings is 1. The molecule has 0 spiro atoms. The van der Waals surface area contributed by atoms with E-state index in [2.05, 4.69) is 46.5 Å². The van der Waals surface area contributed by atoms with Crippen molar-refractivity contribution in [2.24, 2.45) is 4.99 Å². The third kappa shape index (κ3) is 5.78. The Hall–Kier alpha value is -2.96. The molecule has 2 heterocycles. The lowest BCUT2D eigenvalue weighted by Crippen LogP contribution is -2.44. The molecule has 162 valence electrons. The number of hydrogen-bond acceptors (Lipinski definition) is 5. The van der Waals surface area contributed by atoms with Crippen molar-refractivity contribution in [3.63, 3.8) is 0 Å². The summed E-state index contributed by atoms with van der Waals surface area (Å²) in [5.41, 5.74) is 2.13. The molecular formula is C23H33N5O2. The third-order valence-corrected chi connectivity index (χ3v) is 5.00. The maximum atomic E-state index is 5.76. The molecule has 1 fully saturated rings. The minimum absolute atomic E-state index is 0.317. The second kappa shape index (κ2) is 11.3.